The van der Waals surface area contributed by atoms with Crippen LogP contribution in [0.25, 0.3) is 0 Å². The van der Waals surface area contributed by atoms with Crippen LogP contribution < -0.4 is 10.6 Å². The summed E-state index contributed by atoms with van der Waals surface area (Å²) in [6.07, 6.45) is 2.80. The standard InChI is InChI=1S/C9H15F3N2OS.ClH/c10-9(11,12)16-6-5-14-8(15)7-3-1-2-4-13-7;/h7,13H,1-6H2,(H,14,15);1H/t7-;/m1./s1. The Hall–Kier alpha value is -0.140. The first kappa shape index (κ1) is 16.9. The molecule has 0 spiro atoms. The first-order chi connectivity index (χ1) is 7.49. The molecule has 0 aromatic heterocycles. The van der Waals surface area contributed by atoms with Crippen molar-refractivity contribution < 1.29 is 18.0 Å². The Morgan fingerprint density at radius 2 is 2.12 bits per heavy atom. The highest BCUT2D eigenvalue weighted by Crippen LogP contribution is 2.29. The molecule has 0 radical (unpaired) electrons. The molecule has 8 heteroatoms. The van der Waals surface area contributed by atoms with Gasteiger partial charge in [-0.15, -0.1) is 12.4 Å². The minimum Gasteiger partial charge on any atom is -0.354 e. The average molecular weight is 293 g/mol. The van der Waals surface area contributed by atoms with Crippen LogP contribution in [-0.2, 0) is 4.79 Å². The van der Waals surface area contributed by atoms with Crippen LogP contribution in [0, 0.1) is 0 Å². The van der Waals surface area contributed by atoms with Gasteiger partial charge in [-0.3, -0.25) is 4.79 Å². The Morgan fingerprint density at radius 1 is 1.41 bits per heavy atom. The van der Waals surface area contributed by atoms with Crippen molar-refractivity contribution >= 4 is 30.1 Å². The fraction of sp³-hybridized carbons (Fsp3) is 0.889. The number of carbonyl (C=O) groups is 1. The molecule has 1 fully saturated rings. The van der Waals surface area contributed by atoms with Crippen LogP contribution in [0.3, 0.4) is 0 Å². The van der Waals surface area contributed by atoms with E-state index in [9.17, 15) is 18.0 Å². The molecule has 0 aromatic carbocycles. The zero-order chi connectivity index (χ0) is 12.0. The number of carbonyl (C=O) groups excluding carboxylic acids is 1. The summed E-state index contributed by atoms with van der Waals surface area (Å²) in [4.78, 5) is 11.5. The molecule has 1 heterocycles. The highest BCUT2D eigenvalue weighted by Gasteiger charge is 2.27. The Bertz CT molecular complexity index is 235. The summed E-state index contributed by atoms with van der Waals surface area (Å²) >= 11 is -0.113. The highest BCUT2D eigenvalue weighted by atomic mass is 35.5. The van der Waals surface area contributed by atoms with Crippen LogP contribution in [0.15, 0.2) is 0 Å². The van der Waals surface area contributed by atoms with Crippen LogP contribution in [-0.4, -0.2) is 36.3 Å². The molecule has 1 saturated heterocycles. The number of amides is 1. The molecule has 0 saturated carbocycles. The Morgan fingerprint density at radius 3 is 2.65 bits per heavy atom. The van der Waals surface area contributed by atoms with Gasteiger partial charge in [0.15, 0.2) is 0 Å². The molecule has 1 atom stereocenters. The van der Waals surface area contributed by atoms with Crippen molar-refractivity contribution in [2.75, 3.05) is 18.8 Å². The second-order valence-corrected chi connectivity index (χ2v) is 4.75. The number of rotatable bonds is 4. The average Bonchev–Trinajstić information content (AvgIpc) is 2.24. The van der Waals surface area contributed by atoms with Crippen LogP contribution in [0.5, 0.6) is 0 Å². The molecule has 1 aliphatic heterocycles. The Balaban J connectivity index is 0.00000256. The van der Waals surface area contributed by atoms with Crippen LogP contribution in [0.1, 0.15) is 19.3 Å². The summed E-state index contributed by atoms with van der Waals surface area (Å²) in [6, 6.07) is -0.232. The molecule has 17 heavy (non-hydrogen) atoms. The second-order valence-electron chi connectivity index (χ2n) is 3.59. The molecule has 3 nitrogen and oxygen atoms in total. The van der Waals surface area contributed by atoms with Gasteiger partial charge >= 0.3 is 5.51 Å². The lowest BCUT2D eigenvalue weighted by Gasteiger charge is -2.22. The van der Waals surface area contributed by atoms with Crippen LogP contribution in [0.2, 0.25) is 0 Å². The van der Waals surface area contributed by atoms with E-state index in [-0.39, 0.29) is 48.4 Å². The molecular formula is C9H16ClF3N2OS. The smallest absolute Gasteiger partial charge is 0.354 e. The van der Waals surface area contributed by atoms with E-state index in [2.05, 4.69) is 10.6 Å². The fourth-order valence-electron chi connectivity index (χ4n) is 1.54. The molecule has 102 valence electrons. The molecule has 0 aromatic rings. The maximum absolute atomic E-state index is 11.8. The largest absolute Gasteiger partial charge is 0.441 e. The summed E-state index contributed by atoms with van der Waals surface area (Å²) in [5, 5.41) is 5.54. The van der Waals surface area contributed by atoms with Gasteiger partial charge < -0.3 is 10.6 Å². The predicted octanol–water partition coefficient (Wildman–Crippen LogP) is 1.92. The van der Waals surface area contributed by atoms with Gasteiger partial charge in [-0.05, 0) is 31.1 Å². The van der Waals surface area contributed by atoms with Crippen molar-refractivity contribution in [3.63, 3.8) is 0 Å². The van der Waals surface area contributed by atoms with Crippen molar-refractivity contribution in [3.8, 4) is 0 Å². The molecule has 0 unspecified atom stereocenters. The molecular weight excluding hydrogens is 277 g/mol. The van der Waals surface area contributed by atoms with Crippen molar-refractivity contribution in [1.82, 2.24) is 10.6 Å². The number of hydrogen-bond donors (Lipinski definition) is 2. The minimum absolute atomic E-state index is 0. The number of nitrogens with one attached hydrogen (secondary N) is 2. The molecule has 2 N–H and O–H groups in total. The number of piperidine rings is 1. The quantitative estimate of drug-likeness (QED) is 0.778. The van der Waals surface area contributed by atoms with Gasteiger partial charge in [0.1, 0.15) is 0 Å². The third-order valence-electron chi connectivity index (χ3n) is 2.29. The van der Waals surface area contributed by atoms with Gasteiger partial charge in [0.2, 0.25) is 5.91 Å². The third-order valence-corrected chi connectivity index (χ3v) is 3.03. The van der Waals surface area contributed by atoms with E-state index in [0.29, 0.717) is 0 Å². The number of alkyl halides is 3. The van der Waals surface area contributed by atoms with Crippen LogP contribution >= 0.6 is 24.2 Å². The van der Waals surface area contributed by atoms with E-state index in [1.807, 2.05) is 0 Å². The normalized spacial score (nSPS) is 20.5. The van der Waals surface area contributed by atoms with Gasteiger partial charge in [0.25, 0.3) is 0 Å². The first-order valence-electron chi connectivity index (χ1n) is 5.21. The number of halogens is 4. The molecule has 0 bridgehead atoms. The van der Waals surface area contributed by atoms with Crippen LogP contribution in [0.4, 0.5) is 13.2 Å². The molecule has 1 rings (SSSR count). The molecule has 1 amide bonds. The van der Waals surface area contributed by atoms with E-state index in [1.165, 1.54) is 0 Å². The SMILES string of the molecule is Cl.O=C(NCCSC(F)(F)F)[C@H]1CCCCN1. The zero-order valence-electron chi connectivity index (χ0n) is 9.18. The number of thioether (sulfide) groups is 1. The molecule has 0 aliphatic carbocycles. The lowest BCUT2D eigenvalue weighted by Crippen LogP contribution is -2.47. The Kier molecular flexibility index (Phi) is 7.98. The third kappa shape index (κ3) is 7.72. The van der Waals surface area contributed by atoms with Crippen molar-refractivity contribution in [1.29, 1.82) is 0 Å². The first-order valence-corrected chi connectivity index (χ1v) is 6.19. The summed E-state index contributed by atoms with van der Waals surface area (Å²) in [5.41, 5.74) is -4.21. The highest BCUT2D eigenvalue weighted by molar-refractivity contribution is 8.00. The van der Waals surface area contributed by atoms with E-state index < -0.39 is 5.51 Å². The molecule has 1 aliphatic rings. The minimum atomic E-state index is -4.21. The van der Waals surface area contributed by atoms with Gasteiger partial charge in [-0.2, -0.15) is 13.2 Å². The van der Waals surface area contributed by atoms with Crippen molar-refractivity contribution in [2.45, 2.75) is 30.8 Å². The van der Waals surface area contributed by atoms with E-state index in [0.717, 1.165) is 25.8 Å². The lowest BCUT2D eigenvalue weighted by atomic mass is 10.0. The summed E-state index contributed by atoms with van der Waals surface area (Å²) in [6.45, 7) is 0.858. The summed E-state index contributed by atoms with van der Waals surface area (Å²) in [7, 11) is 0. The fourth-order valence-corrected chi connectivity index (χ4v) is 1.98. The Labute approximate surface area is 109 Å². The summed E-state index contributed by atoms with van der Waals surface area (Å²) in [5.74, 6) is -0.329. The maximum Gasteiger partial charge on any atom is 0.441 e. The zero-order valence-corrected chi connectivity index (χ0v) is 10.8. The topological polar surface area (TPSA) is 41.1 Å². The van der Waals surface area contributed by atoms with E-state index >= 15 is 0 Å². The van der Waals surface area contributed by atoms with Gasteiger partial charge in [0, 0.05) is 12.3 Å². The lowest BCUT2D eigenvalue weighted by molar-refractivity contribution is -0.123. The van der Waals surface area contributed by atoms with Gasteiger partial charge in [-0.1, -0.05) is 6.42 Å². The van der Waals surface area contributed by atoms with Crippen molar-refractivity contribution in [3.05, 3.63) is 0 Å². The van der Waals surface area contributed by atoms with Gasteiger partial charge in [-0.25, -0.2) is 0 Å². The predicted molar refractivity (Wildman–Crippen MR) is 64.4 cm³/mol. The number of hydrogen-bond acceptors (Lipinski definition) is 3. The van der Waals surface area contributed by atoms with E-state index in [1.54, 1.807) is 0 Å². The van der Waals surface area contributed by atoms with E-state index in [4.69, 9.17) is 0 Å². The van der Waals surface area contributed by atoms with Gasteiger partial charge in [0.05, 0.1) is 6.04 Å². The summed E-state index contributed by atoms with van der Waals surface area (Å²) < 4.78 is 35.3. The monoisotopic (exact) mass is 292 g/mol. The second kappa shape index (κ2) is 8.05. The van der Waals surface area contributed by atoms with Crippen molar-refractivity contribution in [2.24, 2.45) is 0 Å². The maximum atomic E-state index is 11.8.